The van der Waals surface area contributed by atoms with Crippen LogP contribution in [0.1, 0.15) is 28.9 Å². The van der Waals surface area contributed by atoms with Crippen molar-refractivity contribution in [3.63, 3.8) is 0 Å². The first kappa shape index (κ1) is 16.6. The molecule has 132 valence electrons. The van der Waals surface area contributed by atoms with Crippen molar-refractivity contribution in [2.45, 2.75) is 19.3 Å². The number of thiazole rings is 1. The number of rotatable bonds is 4. The molecule has 0 bridgehead atoms. The number of fused-ring (bicyclic) bond motifs is 1. The number of aromatic nitrogens is 1. The van der Waals surface area contributed by atoms with Crippen LogP contribution in [-0.2, 0) is 0 Å². The fourth-order valence-corrected chi connectivity index (χ4v) is 5.20. The Balaban J connectivity index is 1.46. The molecule has 0 aromatic carbocycles. The summed E-state index contributed by atoms with van der Waals surface area (Å²) >= 11 is 3.18. The third-order valence-corrected chi connectivity index (χ3v) is 6.71. The van der Waals surface area contributed by atoms with Gasteiger partial charge in [-0.2, -0.15) is 0 Å². The summed E-state index contributed by atoms with van der Waals surface area (Å²) in [6.45, 7) is 2.65. The Hall–Kier alpha value is -1.90. The summed E-state index contributed by atoms with van der Waals surface area (Å²) in [7, 11) is 0. The summed E-state index contributed by atoms with van der Waals surface area (Å²) in [5, 5.41) is 16.1. The molecule has 1 amide bonds. The summed E-state index contributed by atoms with van der Waals surface area (Å²) in [6, 6.07) is 1.88. The van der Waals surface area contributed by atoms with E-state index in [0.29, 0.717) is 11.4 Å². The molecule has 0 aliphatic carbocycles. The summed E-state index contributed by atoms with van der Waals surface area (Å²) in [5.74, 6) is -0.108. The van der Waals surface area contributed by atoms with Gasteiger partial charge in [-0.3, -0.25) is 4.79 Å². The Morgan fingerprint density at radius 1 is 1.28 bits per heavy atom. The van der Waals surface area contributed by atoms with Crippen LogP contribution < -0.4 is 15.5 Å². The van der Waals surface area contributed by atoms with Gasteiger partial charge in [-0.15, -0.1) is 11.3 Å². The van der Waals surface area contributed by atoms with Crippen LogP contribution in [0.15, 0.2) is 29.6 Å². The highest BCUT2D eigenvalue weighted by atomic mass is 32.2. The van der Waals surface area contributed by atoms with Crippen molar-refractivity contribution in [1.82, 2.24) is 15.6 Å². The number of amides is 1. The molecule has 4 heterocycles. The van der Waals surface area contributed by atoms with Crippen molar-refractivity contribution in [3.8, 4) is 0 Å². The first-order valence-electron chi connectivity index (χ1n) is 8.44. The molecular weight excluding hydrogens is 356 g/mol. The molecule has 0 radical (unpaired) electrons. The number of aliphatic hydroxyl groups excluding tert-OH is 1. The van der Waals surface area contributed by atoms with E-state index in [1.165, 1.54) is 30.6 Å². The number of allylic oxidation sites excluding steroid dienone is 2. The van der Waals surface area contributed by atoms with Crippen molar-refractivity contribution in [2.75, 3.05) is 31.1 Å². The van der Waals surface area contributed by atoms with E-state index < -0.39 is 0 Å². The maximum absolute atomic E-state index is 12.4. The first-order chi connectivity index (χ1) is 12.2. The number of nitrogens with one attached hydrogen (secondary N) is 2. The van der Waals surface area contributed by atoms with Gasteiger partial charge in [0.1, 0.15) is 4.01 Å². The number of hydrogen-bond acceptors (Lipinski definition) is 7. The van der Waals surface area contributed by atoms with Crippen LogP contribution in [0.25, 0.3) is 9.53 Å². The van der Waals surface area contributed by atoms with Crippen LogP contribution in [-0.4, -0.2) is 42.2 Å². The highest BCUT2D eigenvalue weighted by Crippen LogP contribution is 2.36. The normalized spacial score (nSPS) is 17.9. The molecule has 1 saturated heterocycles. The molecule has 3 N–H and O–H groups in total. The van der Waals surface area contributed by atoms with E-state index >= 15 is 0 Å². The van der Waals surface area contributed by atoms with Crippen LogP contribution in [0.2, 0.25) is 0 Å². The van der Waals surface area contributed by atoms with Crippen LogP contribution in [0.5, 0.6) is 0 Å². The molecule has 1 fully saturated rings. The number of carbonyl (C=O) groups is 1. The number of hydrogen-bond donors (Lipinski definition) is 3. The van der Waals surface area contributed by atoms with E-state index in [0.717, 1.165) is 39.1 Å². The number of aliphatic hydroxyl groups is 1. The van der Waals surface area contributed by atoms with Crippen molar-refractivity contribution < 1.29 is 9.90 Å². The molecular formula is C17H20N4O2S2. The van der Waals surface area contributed by atoms with Crippen LogP contribution in [0.3, 0.4) is 0 Å². The number of carbonyl (C=O) groups excluding carboxylic acids is 1. The summed E-state index contributed by atoms with van der Waals surface area (Å²) in [4.78, 5) is 20.2. The predicted octanol–water partition coefficient (Wildman–Crippen LogP) is 2.44. The molecule has 0 saturated carbocycles. The molecule has 2 aromatic rings. The predicted molar refractivity (Wildman–Crippen MR) is 102 cm³/mol. The molecule has 2 aliphatic rings. The Bertz CT molecular complexity index is 815. The number of thiophene rings is 1. The maximum atomic E-state index is 12.4. The summed E-state index contributed by atoms with van der Waals surface area (Å²) in [5.41, 5.74) is 2.46. The van der Waals surface area contributed by atoms with Crippen molar-refractivity contribution in [3.05, 3.63) is 34.5 Å². The molecule has 2 aromatic heterocycles. The van der Waals surface area contributed by atoms with Gasteiger partial charge in [0.25, 0.3) is 5.91 Å². The highest BCUT2D eigenvalue weighted by molar-refractivity contribution is 7.40. The van der Waals surface area contributed by atoms with Gasteiger partial charge in [-0.05, 0) is 37.5 Å². The lowest BCUT2D eigenvalue weighted by molar-refractivity contribution is 0.0969. The van der Waals surface area contributed by atoms with Crippen molar-refractivity contribution in [1.29, 1.82) is 0 Å². The minimum Gasteiger partial charge on any atom is -0.390 e. The van der Waals surface area contributed by atoms with E-state index in [4.69, 9.17) is 10.1 Å². The molecule has 2 aliphatic heterocycles. The smallest absolute Gasteiger partial charge is 0.265 e. The largest absolute Gasteiger partial charge is 0.390 e. The minimum atomic E-state index is -0.108. The monoisotopic (exact) mass is 376 g/mol. The Labute approximate surface area is 153 Å². The first-order valence-corrected chi connectivity index (χ1v) is 10.1. The highest BCUT2D eigenvalue weighted by Gasteiger charge is 2.19. The van der Waals surface area contributed by atoms with Gasteiger partial charge < -0.3 is 20.6 Å². The topological polar surface area (TPSA) is 77.5 Å². The fourth-order valence-electron chi connectivity index (χ4n) is 2.99. The van der Waals surface area contributed by atoms with Crippen molar-refractivity contribution >= 4 is 43.2 Å². The quantitative estimate of drug-likeness (QED) is 0.764. The van der Waals surface area contributed by atoms with E-state index in [1.54, 1.807) is 17.4 Å². The van der Waals surface area contributed by atoms with Gasteiger partial charge in [0, 0.05) is 24.5 Å². The van der Waals surface area contributed by atoms with Gasteiger partial charge in [-0.1, -0.05) is 11.3 Å². The zero-order valence-electron chi connectivity index (χ0n) is 13.7. The third kappa shape index (κ3) is 3.56. The van der Waals surface area contributed by atoms with Gasteiger partial charge in [0.2, 0.25) is 0 Å². The van der Waals surface area contributed by atoms with E-state index in [1.807, 2.05) is 12.1 Å². The van der Waals surface area contributed by atoms with Gasteiger partial charge in [-0.25, -0.2) is 4.98 Å². The lowest BCUT2D eigenvalue weighted by Crippen LogP contribution is -2.31. The SMILES string of the molecule is O=C(NC1=CC=C(CO)NC1)c1cc2nc(N3CCCCC3)sc2s1. The second-order valence-corrected chi connectivity index (χ2v) is 8.47. The average molecular weight is 377 g/mol. The van der Waals surface area contributed by atoms with Crippen molar-refractivity contribution in [2.24, 2.45) is 0 Å². The second-order valence-electron chi connectivity index (χ2n) is 6.18. The van der Waals surface area contributed by atoms with E-state index in [2.05, 4.69) is 15.5 Å². The van der Waals surface area contributed by atoms with Crippen LogP contribution >= 0.6 is 22.7 Å². The number of anilines is 1. The summed E-state index contributed by atoms with van der Waals surface area (Å²) < 4.78 is 1.10. The van der Waals surface area contributed by atoms with Crippen LogP contribution in [0.4, 0.5) is 5.13 Å². The number of nitrogens with zero attached hydrogens (tertiary/aromatic N) is 2. The molecule has 8 heteroatoms. The Morgan fingerprint density at radius 3 is 2.80 bits per heavy atom. The average Bonchev–Trinajstić information content (AvgIpc) is 3.22. The second kappa shape index (κ2) is 7.15. The Morgan fingerprint density at radius 2 is 2.12 bits per heavy atom. The van der Waals surface area contributed by atoms with E-state index in [-0.39, 0.29) is 12.5 Å². The maximum Gasteiger partial charge on any atom is 0.265 e. The van der Waals surface area contributed by atoms with E-state index in [9.17, 15) is 4.79 Å². The standard InChI is InChI=1S/C17H20N4O2S2/c22-10-12-5-4-11(9-18-12)19-15(23)14-8-13-16(24-14)25-17(20-13)21-6-2-1-3-7-21/h4-5,8,18,22H,1-3,6-7,9-10H2,(H,19,23). The lowest BCUT2D eigenvalue weighted by atomic mass is 10.1. The number of piperidine rings is 1. The minimum absolute atomic E-state index is 0.0239. The molecule has 0 spiro atoms. The zero-order chi connectivity index (χ0) is 17.2. The molecule has 25 heavy (non-hydrogen) atoms. The van der Waals surface area contributed by atoms with Crippen LogP contribution in [0, 0.1) is 0 Å². The molecule has 4 rings (SSSR count). The third-order valence-electron chi connectivity index (χ3n) is 4.37. The van der Waals surface area contributed by atoms with Gasteiger partial charge in [0.15, 0.2) is 5.13 Å². The molecule has 0 atom stereocenters. The Kier molecular flexibility index (Phi) is 4.74. The summed E-state index contributed by atoms with van der Waals surface area (Å²) in [6.07, 6.45) is 7.37. The van der Waals surface area contributed by atoms with Gasteiger partial charge in [0.05, 0.1) is 23.5 Å². The zero-order valence-corrected chi connectivity index (χ0v) is 15.4. The number of dihydropyridines is 1. The fraction of sp³-hybridized carbons (Fsp3) is 0.412. The lowest BCUT2D eigenvalue weighted by Gasteiger charge is -2.25. The molecule has 6 nitrogen and oxygen atoms in total. The molecule has 0 unspecified atom stereocenters. The van der Waals surface area contributed by atoms with Gasteiger partial charge >= 0.3 is 0 Å².